The Bertz CT molecular complexity index is 1210. The molecule has 0 heterocycles. The summed E-state index contributed by atoms with van der Waals surface area (Å²) in [6.45, 7) is 8.01. The van der Waals surface area contributed by atoms with E-state index in [-0.39, 0.29) is 35.5 Å². The van der Waals surface area contributed by atoms with Crippen LogP contribution in [0.4, 0.5) is 0 Å². The third-order valence-electron chi connectivity index (χ3n) is 8.51. The number of carbonyl (C=O) groups excluding carboxylic acids is 4. The Morgan fingerprint density at radius 3 is 1.37 bits per heavy atom. The van der Waals surface area contributed by atoms with Crippen molar-refractivity contribution in [2.24, 2.45) is 5.41 Å². The topological polar surface area (TPSA) is 157 Å². The average Bonchev–Trinajstić information content (AvgIpc) is 3.04. The van der Waals surface area contributed by atoms with Gasteiger partial charge in [-0.05, 0) is 73.9 Å². The third-order valence-corrected chi connectivity index (χ3v) is 8.51. The number of phenolic OH excluding ortho intramolecular Hbond substituents is 2. The van der Waals surface area contributed by atoms with Gasteiger partial charge < -0.3 is 10.2 Å². The summed E-state index contributed by atoms with van der Waals surface area (Å²) in [5.74, 6) is -3.31. The van der Waals surface area contributed by atoms with Crippen molar-refractivity contribution < 1.29 is 29.4 Å². The van der Waals surface area contributed by atoms with Crippen LogP contribution in [0.25, 0.3) is 0 Å². The predicted molar refractivity (Wildman–Crippen MR) is 180 cm³/mol. The number of amides is 4. The van der Waals surface area contributed by atoms with Crippen LogP contribution in [0.1, 0.15) is 143 Å². The van der Waals surface area contributed by atoms with E-state index in [0.717, 1.165) is 88.2 Å². The Balaban J connectivity index is 2.13. The molecule has 46 heavy (non-hydrogen) atoms. The highest BCUT2D eigenvalue weighted by Crippen LogP contribution is 2.30. The quantitative estimate of drug-likeness (QED) is 0.0583. The van der Waals surface area contributed by atoms with Gasteiger partial charge >= 0.3 is 0 Å². The van der Waals surface area contributed by atoms with Crippen molar-refractivity contribution in [1.29, 1.82) is 0 Å². The van der Waals surface area contributed by atoms with Gasteiger partial charge in [-0.3, -0.25) is 40.9 Å². The van der Waals surface area contributed by atoms with Crippen LogP contribution in [0, 0.1) is 5.41 Å². The second-order valence-corrected chi connectivity index (χ2v) is 12.0. The zero-order valence-electron chi connectivity index (χ0n) is 28.1. The molecule has 0 bridgehead atoms. The van der Waals surface area contributed by atoms with E-state index < -0.39 is 29.0 Å². The largest absolute Gasteiger partial charge is 0.507 e. The Labute approximate surface area is 274 Å². The maximum Gasteiger partial charge on any atom is 0.273 e. The lowest BCUT2D eigenvalue weighted by atomic mass is 9.78. The molecule has 0 atom stereocenters. The molecule has 0 spiro atoms. The molecule has 0 fully saturated rings. The maximum atomic E-state index is 13.6. The zero-order chi connectivity index (χ0) is 34.0. The van der Waals surface area contributed by atoms with Crippen LogP contribution in [0.3, 0.4) is 0 Å². The number of hydrogen-bond donors (Lipinski definition) is 6. The Hall–Kier alpha value is -4.08. The average molecular weight is 639 g/mol. The minimum absolute atomic E-state index is 0.00545. The monoisotopic (exact) mass is 638 g/mol. The van der Waals surface area contributed by atoms with Gasteiger partial charge in [0, 0.05) is 0 Å². The summed E-state index contributed by atoms with van der Waals surface area (Å²) >= 11 is 0. The van der Waals surface area contributed by atoms with Crippen molar-refractivity contribution in [2.45, 2.75) is 124 Å². The maximum absolute atomic E-state index is 13.6. The molecule has 2 rings (SSSR count). The first kappa shape index (κ1) is 38.1. The highest BCUT2D eigenvalue weighted by Gasteiger charge is 2.44. The molecule has 2 aromatic rings. The number of benzene rings is 2. The predicted octanol–water partition coefficient (Wildman–Crippen LogP) is 6.54. The number of carbonyl (C=O) groups is 4. The van der Waals surface area contributed by atoms with Gasteiger partial charge in [0.05, 0.1) is 11.1 Å². The van der Waals surface area contributed by atoms with Gasteiger partial charge in [-0.1, -0.05) is 97.6 Å². The van der Waals surface area contributed by atoms with Gasteiger partial charge in [0.1, 0.15) is 16.9 Å². The molecular formula is C36H54N4O6. The normalized spacial score (nSPS) is 11.1. The van der Waals surface area contributed by atoms with Crippen molar-refractivity contribution in [3.63, 3.8) is 0 Å². The molecule has 0 aliphatic heterocycles. The van der Waals surface area contributed by atoms with Crippen LogP contribution in [-0.2, 0) is 22.4 Å². The Kier molecular flexibility index (Phi) is 16.7. The van der Waals surface area contributed by atoms with Crippen molar-refractivity contribution in [1.82, 2.24) is 21.7 Å². The van der Waals surface area contributed by atoms with Gasteiger partial charge in [0.15, 0.2) is 0 Å². The molecule has 10 heteroatoms. The highest BCUT2D eigenvalue weighted by atomic mass is 16.3. The van der Waals surface area contributed by atoms with Crippen LogP contribution in [0.2, 0.25) is 0 Å². The smallest absolute Gasteiger partial charge is 0.273 e. The summed E-state index contributed by atoms with van der Waals surface area (Å²) in [6.07, 6.45) is 12.5. The first-order valence-corrected chi connectivity index (χ1v) is 17.0. The number of rotatable bonds is 19. The van der Waals surface area contributed by atoms with Crippen LogP contribution < -0.4 is 21.7 Å². The Morgan fingerprint density at radius 2 is 0.978 bits per heavy atom. The van der Waals surface area contributed by atoms with Crippen molar-refractivity contribution in [3.05, 3.63) is 58.7 Å². The summed E-state index contributed by atoms with van der Waals surface area (Å²) in [6, 6.07) is 9.65. The molecule has 6 N–H and O–H groups in total. The third kappa shape index (κ3) is 11.4. The lowest BCUT2D eigenvalue weighted by Crippen LogP contribution is -2.58. The number of phenols is 2. The van der Waals surface area contributed by atoms with E-state index >= 15 is 0 Å². The fraction of sp³-hybridized carbons (Fsp3) is 0.556. The second kappa shape index (κ2) is 20.1. The summed E-state index contributed by atoms with van der Waals surface area (Å²) in [5.41, 5.74) is 9.65. The fourth-order valence-electron chi connectivity index (χ4n) is 5.47. The molecule has 0 saturated carbocycles. The molecular weight excluding hydrogens is 584 g/mol. The molecule has 10 nitrogen and oxygen atoms in total. The molecule has 0 aliphatic carbocycles. The number of nitrogens with one attached hydrogen (secondary N) is 4. The van der Waals surface area contributed by atoms with Crippen LogP contribution in [0.15, 0.2) is 36.4 Å². The number of unbranched alkanes of at least 4 members (excludes halogenated alkanes) is 8. The van der Waals surface area contributed by atoms with E-state index in [1.807, 2.05) is 0 Å². The number of hydrogen-bond acceptors (Lipinski definition) is 6. The summed E-state index contributed by atoms with van der Waals surface area (Å²) in [7, 11) is 0. The molecule has 254 valence electrons. The van der Waals surface area contributed by atoms with E-state index in [9.17, 15) is 29.4 Å². The molecule has 0 unspecified atom stereocenters. The first-order chi connectivity index (χ1) is 22.1. The molecule has 0 aliphatic rings. The van der Waals surface area contributed by atoms with Gasteiger partial charge in [0.2, 0.25) is 0 Å². The van der Waals surface area contributed by atoms with E-state index in [0.29, 0.717) is 6.42 Å². The van der Waals surface area contributed by atoms with E-state index in [1.165, 1.54) is 12.1 Å². The standard InChI is InChI=1S/C36H54N4O6/c1-5-9-12-13-16-23-36(8-4,34(45)39-37-32(43)28-21-19-26(24-30(28)41)17-14-10-6-2)35(46)40-38-33(44)29-22-20-27(25-31(29)42)18-15-11-7-3/h19-22,24-25,41-42H,5-18,23H2,1-4H3,(H,37,43)(H,38,44)(H,39,45)(H,40,46). The van der Waals surface area contributed by atoms with Gasteiger partial charge in [-0.15, -0.1) is 0 Å². The van der Waals surface area contributed by atoms with Gasteiger partial charge in [0.25, 0.3) is 23.6 Å². The molecule has 2 aromatic carbocycles. The van der Waals surface area contributed by atoms with Gasteiger partial charge in [-0.2, -0.15) is 0 Å². The number of aryl methyl sites for hydroxylation is 2. The lowest BCUT2D eigenvalue weighted by Gasteiger charge is -2.30. The van der Waals surface area contributed by atoms with E-state index in [4.69, 9.17) is 0 Å². The number of hydrazine groups is 2. The first-order valence-electron chi connectivity index (χ1n) is 17.0. The summed E-state index contributed by atoms with van der Waals surface area (Å²) < 4.78 is 0. The SMILES string of the molecule is CCCCCCCC(CC)(C(=O)NNC(=O)c1ccc(CCCCC)cc1O)C(=O)NNC(=O)c1ccc(CCCCC)cc1O. The highest BCUT2D eigenvalue weighted by molar-refractivity contribution is 6.07. The van der Waals surface area contributed by atoms with Crippen LogP contribution in [0.5, 0.6) is 11.5 Å². The van der Waals surface area contributed by atoms with Gasteiger partial charge in [-0.25, -0.2) is 0 Å². The minimum Gasteiger partial charge on any atom is -0.507 e. The Morgan fingerprint density at radius 1 is 0.565 bits per heavy atom. The number of aromatic hydroxyl groups is 2. The lowest BCUT2D eigenvalue weighted by molar-refractivity contribution is -0.145. The van der Waals surface area contributed by atoms with Crippen LogP contribution >= 0.6 is 0 Å². The molecule has 0 radical (unpaired) electrons. The minimum atomic E-state index is -1.61. The van der Waals surface area contributed by atoms with E-state index in [2.05, 4.69) is 42.5 Å². The second-order valence-electron chi connectivity index (χ2n) is 12.0. The zero-order valence-corrected chi connectivity index (χ0v) is 28.1. The molecule has 0 saturated heterocycles. The van der Waals surface area contributed by atoms with Crippen molar-refractivity contribution >= 4 is 23.6 Å². The van der Waals surface area contributed by atoms with Crippen LogP contribution in [-0.4, -0.2) is 33.8 Å². The fourth-order valence-corrected chi connectivity index (χ4v) is 5.47. The van der Waals surface area contributed by atoms with Crippen molar-refractivity contribution in [2.75, 3.05) is 0 Å². The molecule has 4 amide bonds. The van der Waals surface area contributed by atoms with Crippen molar-refractivity contribution in [3.8, 4) is 11.5 Å². The molecule has 0 aromatic heterocycles. The summed E-state index contributed by atoms with van der Waals surface area (Å²) in [5, 5.41) is 20.9. The summed E-state index contributed by atoms with van der Waals surface area (Å²) in [4.78, 5) is 53.0. The van der Waals surface area contributed by atoms with E-state index in [1.54, 1.807) is 31.2 Å².